The zero-order valence-corrected chi connectivity index (χ0v) is 12.5. The fourth-order valence-corrected chi connectivity index (χ4v) is 2.46. The van der Waals surface area contributed by atoms with Gasteiger partial charge >= 0.3 is 6.18 Å². The summed E-state index contributed by atoms with van der Waals surface area (Å²) < 4.78 is 49.7. The maximum absolute atomic E-state index is 12.8. The number of aromatic nitrogens is 1. The van der Waals surface area contributed by atoms with Crippen molar-refractivity contribution in [3.63, 3.8) is 0 Å². The summed E-state index contributed by atoms with van der Waals surface area (Å²) >= 11 is 0.459. The van der Waals surface area contributed by atoms with Crippen LogP contribution in [0.5, 0.6) is 0 Å². The molecule has 0 atom stereocenters. The van der Waals surface area contributed by atoms with Crippen molar-refractivity contribution in [3.05, 3.63) is 59.5 Å². The Balaban J connectivity index is 2.02. The topological polar surface area (TPSA) is 42.0 Å². The minimum Gasteiger partial charge on any atom is -0.348 e. The van der Waals surface area contributed by atoms with Crippen molar-refractivity contribution in [1.82, 2.24) is 10.3 Å². The van der Waals surface area contributed by atoms with E-state index >= 15 is 0 Å². The van der Waals surface area contributed by atoms with Gasteiger partial charge in [0.05, 0.1) is 11.3 Å². The van der Waals surface area contributed by atoms with Crippen LogP contribution in [-0.4, -0.2) is 22.8 Å². The minimum atomic E-state index is -4.34. The molecule has 0 fully saturated rings. The second kappa shape index (κ2) is 7.45. The standard InChI is InChI=1S/C15H12F4N2OS/c16-11-5-3-10(4-6-11)8-21-13(22)12-2-1-7-20-14(12)23-9-15(17,18)19/h1-7H,8-9H2,(H,21,22). The van der Waals surface area contributed by atoms with Crippen LogP contribution in [0.25, 0.3) is 0 Å². The van der Waals surface area contributed by atoms with Gasteiger partial charge in [-0.1, -0.05) is 23.9 Å². The Morgan fingerprint density at radius 3 is 2.52 bits per heavy atom. The van der Waals surface area contributed by atoms with Gasteiger partial charge < -0.3 is 5.32 Å². The van der Waals surface area contributed by atoms with Crippen molar-refractivity contribution >= 4 is 17.7 Å². The molecule has 3 nitrogen and oxygen atoms in total. The molecule has 1 N–H and O–H groups in total. The molecule has 0 aliphatic rings. The third-order valence-electron chi connectivity index (χ3n) is 2.75. The van der Waals surface area contributed by atoms with Crippen LogP contribution in [0.2, 0.25) is 0 Å². The minimum absolute atomic E-state index is 0.0152. The Kier molecular flexibility index (Phi) is 5.59. The van der Waals surface area contributed by atoms with E-state index in [0.717, 1.165) is 0 Å². The number of pyridine rings is 1. The summed E-state index contributed by atoms with van der Waals surface area (Å²) in [5.74, 6) is -2.05. The van der Waals surface area contributed by atoms with E-state index in [1.165, 1.54) is 42.6 Å². The van der Waals surface area contributed by atoms with Gasteiger partial charge in [0.1, 0.15) is 10.8 Å². The number of hydrogen-bond donors (Lipinski definition) is 1. The molecule has 0 bridgehead atoms. The molecule has 1 heterocycles. The predicted octanol–water partition coefficient (Wildman–Crippen LogP) is 3.81. The number of nitrogens with zero attached hydrogens (tertiary/aromatic N) is 1. The van der Waals surface area contributed by atoms with Gasteiger partial charge in [-0.3, -0.25) is 4.79 Å². The summed E-state index contributed by atoms with van der Waals surface area (Å²) in [6, 6.07) is 8.43. The highest BCUT2D eigenvalue weighted by Crippen LogP contribution is 2.28. The van der Waals surface area contributed by atoms with E-state index in [1.807, 2.05) is 0 Å². The van der Waals surface area contributed by atoms with Gasteiger partial charge in [-0.2, -0.15) is 13.2 Å². The molecule has 1 aromatic carbocycles. The number of carbonyl (C=O) groups is 1. The number of rotatable bonds is 5. The first-order valence-corrected chi connectivity index (χ1v) is 7.51. The van der Waals surface area contributed by atoms with Crippen LogP contribution in [0, 0.1) is 5.82 Å². The fraction of sp³-hybridized carbons (Fsp3) is 0.200. The number of carbonyl (C=O) groups excluding carboxylic acids is 1. The summed E-state index contributed by atoms with van der Waals surface area (Å²) in [5, 5.41) is 2.59. The van der Waals surface area contributed by atoms with Gasteiger partial charge in [0, 0.05) is 12.7 Å². The number of benzene rings is 1. The van der Waals surface area contributed by atoms with Crippen molar-refractivity contribution in [2.75, 3.05) is 5.75 Å². The number of amides is 1. The fourth-order valence-electron chi connectivity index (χ4n) is 1.71. The summed E-state index contributed by atoms with van der Waals surface area (Å²) in [6.45, 7) is 0.136. The van der Waals surface area contributed by atoms with Crippen molar-refractivity contribution < 1.29 is 22.4 Å². The Morgan fingerprint density at radius 1 is 1.17 bits per heavy atom. The molecule has 0 aliphatic heterocycles. The summed E-state index contributed by atoms with van der Waals surface area (Å²) in [4.78, 5) is 15.9. The molecular formula is C15H12F4N2OS. The summed E-state index contributed by atoms with van der Waals surface area (Å²) in [7, 11) is 0. The van der Waals surface area contributed by atoms with Crippen LogP contribution in [-0.2, 0) is 6.54 Å². The molecule has 23 heavy (non-hydrogen) atoms. The molecule has 8 heteroatoms. The normalized spacial score (nSPS) is 11.3. The highest BCUT2D eigenvalue weighted by atomic mass is 32.2. The third kappa shape index (κ3) is 5.55. The van der Waals surface area contributed by atoms with Crippen molar-refractivity contribution in [3.8, 4) is 0 Å². The van der Waals surface area contributed by atoms with Gasteiger partial charge in [0.2, 0.25) is 0 Å². The Bertz CT molecular complexity index is 674. The first kappa shape index (κ1) is 17.3. The SMILES string of the molecule is O=C(NCc1ccc(F)cc1)c1cccnc1SCC(F)(F)F. The molecule has 2 aromatic rings. The number of halogens is 4. The molecule has 2 rings (SSSR count). The maximum Gasteiger partial charge on any atom is 0.398 e. The van der Waals surface area contributed by atoms with Crippen molar-refractivity contribution in [1.29, 1.82) is 0 Å². The summed E-state index contributed by atoms with van der Waals surface area (Å²) in [6.07, 6.45) is -3.01. The largest absolute Gasteiger partial charge is 0.398 e. The van der Waals surface area contributed by atoms with Crippen LogP contribution < -0.4 is 5.32 Å². The maximum atomic E-state index is 12.8. The number of alkyl halides is 3. The van der Waals surface area contributed by atoms with E-state index in [1.54, 1.807) is 0 Å². The van der Waals surface area contributed by atoms with Gasteiger partial charge in [-0.05, 0) is 29.8 Å². The smallest absolute Gasteiger partial charge is 0.348 e. The highest BCUT2D eigenvalue weighted by Gasteiger charge is 2.28. The van der Waals surface area contributed by atoms with Gasteiger partial charge in [-0.25, -0.2) is 9.37 Å². The second-order valence-corrected chi connectivity index (χ2v) is 5.53. The van der Waals surface area contributed by atoms with Crippen LogP contribution in [0.15, 0.2) is 47.6 Å². The highest BCUT2D eigenvalue weighted by molar-refractivity contribution is 7.99. The van der Waals surface area contributed by atoms with Crippen LogP contribution >= 0.6 is 11.8 Å². The van der Waals surface area contributed by atoms with Crippen molar-refractivity contribution in [2.45, 2.75) is 17.7 Å². The van der Waals surface area contributed by atoms with Gasteiger partial charge in [-0.15, -0.1) is 0 Å². The van der Waals surface area contributed by atoms with E-state index in [-0.39, 0.29) is 17.1 Å². The Morgan fingerprint density at radius 2 is 1.87 bits per heavy atom. The van der Waals surface area contributed by atoms with Gasteiger partial charge in [0.15, 0.2) is 0 Å². The molecule has 1 amide bonds. The molecule has 0 radical (unpaired) electrons. The zero-order chi connectivity index (χ0) is 16.9. The molecular weight excluding hydrogens is 332 g/mol. The van der Waals surface area contributed by atoms with E-state index in [0.29, 0.717) is 17.3 Å². The lowest BCUT2D eigenvalue weighted by molar-refractivity contribution is -0.105. The first-order chi connectivity index (χ1) is 10.8. The number of hydrogen-bond acceptors (Lipinski definition) is 3. The molecule has 0 saturated heterocycles. The van der Waals surface area contributed by atoms with E-state index in [9.17, 15) is 22.4 Å². The van der Waals surface area contributed by atoms with E-state index in [2.05, 4.69) is 10.3 Å². The van der Waals surface area contributed by atoms with Crippen LogP contribution in [0.3, 0.4) is 0 Å². The Hall–Kier alpha value is -2.09. The molecule has 0 spiro atoms. The number of thioether (sulfide) groups is 1. The van der Waals surface area contributed by atoms with Gasteiger partial charge in [0.25, 0.3) is 5.91 Å². The zero-order valence-electron chi connectivity index (χ0n) is 11.7. The quantitative estimate of drug-likeness (QED) is 0.663. The lowest BCUT2D eigenvalue weighted by Gasteiger charge is -2.10. The summed E-state index contributed by atoms with van der Waals surface area (Å²) in [5.41, 5.74) is 0.747. The molecule has 122 valence electrons. The molecule has 1 aromatic heterocycles. The lowest BCUT2D eigenvalue weighted by Crippen LogP contribution is -2.24. The van der Waals surface area contributed by atoms with E-state index < -0.39 is 23.7 Å². The molecule has 0 aliphatic carbocycles. The lowest BCUT2D eigenvalue weighted by atomic mass is 10.2. The van der Waals surface area contributed by atoms with Crippen molar-refractivity contribution in [2.24, 2.45) is 0 Å². The number of nitrogens with one attached hydrogen (secondary N) is 1. The Labute approximate surface area is 134 Å². The molecule has 0 unspecified atom stereocenters. The third-order valence-corrected chi connectivity index (χ3v) is 3.83. The van der Waals surface area contributed by atoms with Crippen LogP contribution in [0.4, 0.5) is 17.6 Å². The van der Waals surface area contributed by atoms with Crippen LogP contribution in [0.1, 0.15) is 15.9 Å². The first-order valence-electron chi connectivity index (χ1n) is 6.52. The second-order valence-electron chi connectivity index (χ2n) is 4.57. The average Bonchev–Trinajstić information content (AvgIpc) is 2.52. The predicted molar refractivity (Wildman–Crippen MR) is 78.6 cm³/mol. The average molecular weight is 344 g/mol. The molecule has 0 saturated carbocycles. The van der Waals surface area contributed by atoms with E-state index in [4.69, 9.17) is 0 Å². The monoisotopic (exact) mass is 344 g/mol.